The van der Waals surface area contributed by atoms with Crippen LogP contribution in [0.2, 0.25) is 0 Å². The first-order chi connectivity index (χ1) is 20.0. The van der Waals surface area contributed by atoms with E-state index in [-0.39, 0.29) is 39.4 Å². The minimum Gasteiger partial charge on any atom is -0.503 e. The summed E-state index contributed by atoms with van der Waals surface area (Å²) in [6, 6.07) is -0.160. The van der Waals surface area contributed by atoms with Crippen molar-refractivity contribution in [2.75, 3.05) is 17.2 Å². The summed E-state index contributed by atoms with van der Waals surface area (Å²) in [6.07, 6.45) is 0.770. The molecular formula is C21H20N10O8S3. The number of carboxylic acids is 1. The van der Waals surface area contributed by atoms with Gasteiger partial charge in [0.2, 0.25) is 10.6 Å². The van der Waals surface area contributed by atoms with E-state index in [1.807, 2.05) is 0 Å². The Balaban J connectivity index is 1.31. The van der Waals surface area contributed by atoms with Crippen LogP contribution < -0.4 is 16.5 Å². The fourth-order valence-corrected chi connectivity index (χ4v) is 6.81. The number of hydrogen-bond acceptors (Lipinski definition) is 16. The number of nitrogens with two attached hydrogens (primary N) is 1. The van der Waals surface area contributed by atoms with Gasteiger partial charge < -0.3 is 31.3 Å². The van der Waals surface area contributed by atoms with Gasteiger partial charge in [0.05, 0.1) is 6.20 Å². The third-order valence-electron chi connectivity index (χ3n) is 5.93. The van der Waals surface area contributed by atoms with Crippen LogP contribution in [0.3, 0.4) is 0 Å². The Bertz CT molecular complexity index is 1700. The summed E-state index contributed by atoms with van der Waals surface area (Å²) in [7, 11) is 1.65. The summed E-state index contributed by atoms with van der Waals surface area (Å²) in [6.45, 7) is -0.477. The molecule has 6 N–H and O–H groups in total. The molecule has 220 valence electrons. The number of rotatable bonds is 10. The van der Waals surface area contributed by atoms with E-state index in [9.17, 15) is 34.6 Å². The molecule has 2 atom stereocenters. The topological polar surface area (TPSA) is 253 Å². The molecule has 0 spiro atoms. The van der Waals surface area contributed by atoms with Gasteiger partial charge >= 0.3 is 5.97 Å². The van der Waals surface area contributed by atoms with E-state index in [0.717, 1.165) is 28.5 Å². The number of aromatic hydroxyl groups is 1. The average molecular weight is 637 g/mol. The Morgan fingerprint density at radius 2 is 2.14 bits per heavy atom. The Kier molecular flexibility index (Phi) is 8.04. The highest BCUT2D eigenvalue weighted by Crippen LogP contribution is 2.41. The van der Waals surface area contributed by atoms with Gasteiger partial charge in [0.1, 0.15) is 28.5 Å². The molecule has 0 aromatic carbocycles. The van der Waals surface area contributed by atoms with Crippen LogP contribution in [0.5, 0.6) is 5.75 Å². The van der Waals surface area contributed by atoms with E-state index >= 15 is 0 Å². The number of carboxylic acid groups (broad SMARTS) is 1. The molecule has 18 nitrogen and oxygen atoms in total. The number of carbonyl (C=O) groups is 3. The van der Waals surface area contributed by atoms with Gasteiger partial charge in [-0.1, -0.05) is 16.9 Å². The maximum Gasteiger partial charge on any atom is 0.352 e. The lowest BCUT2D eigenvalue weighted by molar-refractivity contribution is -0.150. The summed E-state index contributed by atoms with van der Waals surface area (Å²) in [5, 5.41) is 48.0. The number of thioether (sulfide) groups is 2. The van der Waals surface area contributed by atoms with Crippen molar-refractivity contribution >= 4 is 63.5 Å². The lowest BCUT2D eigenvalue weighted by Gasteiger charge is -2.49. The second kappa shape index (κ2) is 11.7. The Morgan fingerprint density at radius 3 is 2.81 bits per heavy atom. The molecule has 42 heavy (non-hydrogen) atoms. The number of anilines is 1. The van der Waals surface area contributed by atoms with Gasteiger partial charge in [0.15, 0.2) is 23.2 Å². The van der Waals surface area contributed by atoms with Gasteiger partial charge in [0, 0.05) is 30.0 Å². The number of nitrogens with zero attached hydrogens (tertiary/aromatic N) is 8. The van der Waals surface area contributed by atoms with Crippen LogP contribution in [0.25, 0.3) is 0 Å². The number of amides is 2. The van der Waals surface area contributed by atoms with E-state index < -0.39 is 47.0 Å². The molecule has 1 fully saturated rings. The number of aliphatic carboxylic acids is 1. The van der Waals surface area contributed by atoms with Gasteiger partial charge in [-0.3, -0.25) is 19.3 Å². The van der Waals surface area contributed by atoms with Crippen molar-refractivity contribution < 1.29 is 34.6 Å². The number of tetrazole rings is 1. The van der Waals surface area contributed by atoms with E-state index in [2.05, 4.69) is 31.0 Å². The summed E-state index contributed by atoms with van der Waals surface area (Å²) >= 11 is 3.53. The summed E-state index contributed by atoms with van der Waals surface area (Å²) < 4.78 is 1.90. The first-order valence-corrected chi connectivity index (χ1v) is 14.6. The van der Waals surface area contributed by atoms with Crippen molar-refractivity contribution in [3.63, 3.8) is 0 Å². The van der Waals surface area contributed by atoms with Gasteiger partial charge in [0.25, 0.3) is 11.8 Å². The number of nitrogens with one attached hydrogen (secondary N) is 1. The van der Waals surface area contributed by atoms with E-state index in [1.165, 1.54) is 33.6 Å². The minimum absolute atomic E-state index is 0.0331. The number of oxime groups is 1. The van der Waals surface area contributed by atoms with Gasteiger partial charge in [-0.2, -0.15) is 4.73 Å². The zero-order chi connectivity index (χ0) is 30.1. The number of thiazole rings is 1. The molecule has 3 aromatic heterocycles. The Hall–Kier alpha value is -4.63. The molecule has 0 aliphatic carbocycles. The predicted molar refractivity (Wildman–Crippen MR) is 147 cm³/mol. The van der Waals surface area contributed by atoms with Gasteiger partial charge in [-0.25, -0.2) is 14.5 Å². The van der Waals surface area contributed by atoms with Crippen molar-refractivity contribution in [2.24, 2.45) is 12.2 Å². The van der Waals surface area contributed by atoms with Crippen LogP contribution in [0.1, 0.15) is 11.4 Å². The Labute approximate surface area is 246 Å². The summed E-state index contributed by atoms with van der Waals surface area (Å²) in [5.74, 6) is -2.94. The van der Waals surface area contributed by atoms with E-state index in [1.54, 1.807) is 7.05 Å². The quantitative estimate of drug-likeness (QED) is 0.0576. The van der Waals surface area contributed by atoms with E-state index in [4.69, 9.17) is 10.6 Å². The van der Waals surface area contributed by atoms with Gasteiger partial charge in [-0.05, 0) is 16.0 Å². The highest BCUT2D eigenvalue weighted by Gasteiger charge is 2.54. The number of pyridine rings is 1. The molecular weight excluding hydrogens is 616 g/mol. The second-order valence-corrected chi connectivity index (χ2v) is 11.6. The molecule has 5 rings (SSSR count). The fourth-order valence-electron chi connectivity index (χ4n) is 3.92. The highest BCUT2D eigenvalue weighted by molar-refractivity contribution is 8.01. The first-order valence-electron chi connectivity index (χ1n) is 11.7. The standard InChI is InChI=1S/C21H20N10O8S3/c1-29-21(25-27-28-29)42-6-8-5-40-18-14(17(35)31(18)15(8)19(36)37)24-16(34)13(10-7-41-20(22)23-10)26-39-4-9-2-11(32)12(33)3-30(9)38/h2-3,7,14,18,33,38H,4-6H2,1H3,(H2,22,23)(H,24,34)(H,36,37)/b26-13+/t14-,18-/m1/s1. The number of carbonyl (C=O) groups excluding carboxylic acids is 2. The SMILES string of the molecule is Cn1nnnc1SCC1=C(C(=O)O)N2C(=O)[C@@H](NC(=O)/C(=N/OCc3cc(=O)c(O)cn3O)c3csc(N)n3)[C@H]2SC1. The number of hydrogen-bond donors (Lipinski definition) is 5. The summed E-state index contributed by atoms with van der Waals surface area (Å²) in [4.78, 5) is 60.5. The molecule has 2 aliphatic rings. The van der Waals surface area contributed by atoms with Crippen molar-refractivity contribution in [1.82, 2.24) is 40.1 Å². The lowest BCUT2D eigenvalue weighted by atomic mass is 10.0. The van der Waals surface area contributed by atoms with Crippen LogP contribution in [0.4, 0.5) is 5.13 Å². The molecule has 0 radical (unpaired) electrons. The number of aryl methyl sites for hydroxylation is 1. The molecule has 0 unspecified atom stereocenters. The third-order valence-corrected chi connectivity index (χ3v) is 9.04. The van der Waals surface area contributed by atoms with Crippen molar-refractivity contribution in [2.45, 2.75) is 23.2 Å². The van der Waals surface area contributed by atoms with Crippen molar-refractivity contribution in [3.05, 3.63) is 50.5 Å². The monoisotopic (exact) mass is 636 g/mol. The van der Waals surface area contributed by atoms with Crippen LogP contribution in [0, 0.1) is 0 Å². The molecule has 0 saturated carbocycles. The zero-order valence-corrected chi connectivity index (χ0v) is 23.7. The van der Waals surface area contributed by atoms with E-state index in [0.29, 0.717) is 15.5 Å². The Morgan fingerprint density at radius 1 is 1.36 bits per heavy atom. The zero-order valence-electron chi connectivity index (χ0n) is 21.3. The molecule has 0 bridgehead atoms. The molecule has 3 aromatic rings. The molecule has 5 heterocycles. The fraction of sp³-hybridized carbons (Fsp3) is 0.286. The lowest BCUT2D eigenvalue weighted by Crippen LogP contribution is -2.71. The third kappa shape index (κ3) is 5.60. The van der Waals surface area contributed by atoms with Crippen LogP contribution in [-0.4, -0.2) is 96.7 Å². The smallest absolute Gasteiger partial charge is 0.352 e. The van der Waals surface area contributed by atoms with Crippen LogP contribution >= 0.6 is 34.9 Å². The number of nitrogen functional groups attached to an aromatic ring is 1. The summed E-state index contributed by atoms with van der Waals surface area (Å²) in [5.41, 5.74) is 4.86. The predicted octanol–water partition coefficient (Wildman–Crippen LogP) is -1.19. The highest BCUT2D eigenvalue weighted by atomic mass is 32.2. The molecule has 2 amide bonds. The maximum atomic E-state index is 13.3. The van der Waals surface area contributed by atoms with Gasteiger partial charge in [-0.15, -0.1) is 28.2 Å². The molecule has 21 heteroatoms. The molecule has 1 saturated heterocycles. The van der Waals surface area contributed by atoms with Crippen molar-refractivity contribution in [1.29, 1.82) is 0 Å². The second-order valence-electron chi connectivity index (χ2n) is 8.64. The number of β-lactam (4-membered cyclic amide) rings is 1. The van der Waals surface area contributed by atoms with Crippen LogP contribution in [-0.2, 0) is 32.9 Å². The first kappa shape index (κ1) is 28.9. The van der Waals surface area contributed by atoms with Crippen molar-refractivity contribution in [3.8, 4) is 5.75 Å². The largest absolute Gasteiger partial charge is 0.503 e. The maximum absolute atomic E-state index is 13.3. The number of aromatic nitrogens is 6. The molecule has 2 aliphatic heterocycles. The average Bonchev–Trinajstić information content (AvgIpc) is 3.57. The normalized spacial score (nSPS) is 18.5. The minimum atomic E-state index is -1.28. The van der Waals surface area contributed by atoms with Crippen LogP contribution in [0.15, 0.2) is 44.0 Å². The number of fused-ring (bicyclic) bond motifs is 1.